The van der Waals surface area contributed by atoms with Gasteiger partial charge in [-0.3, -0.25) is 4.79 Å². The van der Waals surface area contributed by atoms with Gasteiger partial charge in [0.1, 0.15) is 17.1 Å². The molecule has 34 heavy (non-hydrogen) atoms. The van der Waals surface area contributed by atoms with Crippen molar-refractivity contribution in [1.29, 1.82) is 0 Å². The number of rotatable bonds is 4. The van der Waals surface area contributed by atoms with Gasteiger partial charge in [-0.1, -0.05) is 54.1 Å². The number of hydrogen-bond donors (Lipinski definition) is 0. The van der Waals surface area contributed by atoms with E-state index in [1.54, 1.807) is 24.3 Å². The standard InChI is InChI=1S/C29H28ClNO3/c1-28(2,33-25-11-9-24(30)10-12-25)27(32)31-18-16-29(17-19-31)15-14-23-20-22(8-13-26(23)34-29)21-6-4-3-5-7-21/h3-15,20H,16-19H2,1-2H3. The zero-order chi connectivity index (χ0) is 23.8. The van der Waals surface area contributed by atoms with Gasteiger partial charge >= 0.3 is 0 Å². The number of benzene rings is 3. The molecule has 0 atom stereocenters. The summed E-state index contributed by atoms with van der Waals surface area (Å²) in [6, 6.07) is 23.8. The number of amides is 1. The van der Waals surface area contributed by atoms with Crippen LogP contribution in [0.4, 0.5) is 0 Å². The van der Waals surface area contributed by atoms with Crippen LogP contribution in [-0.4, -0.2) is 35.1 Å². The molecule has 5 rings (SSSR count). The number of ether oxygens (including phenoxy) is 2. The summed E-state index contributed by atoms with van der Waals surface area (Å²) >= 11 is 5.96. The summed E-state index contributed by atoms with van der Waals surface area (Å²) in [5.74, 6) is 1.50. The third-order valence-corrected chi connectivity index (χ3v) is 6.85. The Kier molecular flexibility index (Phi) is 5.86. The molecule has 0 saturated carbocycles. The Morgan fingerprint density at radius 1 is 0.971 bits per heavy atom. The first kappa shape index (κ1) is 22.5. The molecule has 1 fully saturated rings. The first-order chi connectivity index (χ1) is 16.3. The normalized spacial score (nSPS) is 16.6. The average molecular weight is 474 g/mol. The highest BCUT2D eigenvalue weighted by Gasteiger charge is 2.42. The van der Waals surface area contributed by atoms with E-state index in [1.807, 2.05) is 36.9 Å². The molecule has 0 bridgehead atoms. The molecule has 0 unspecified atom stereocenters. The Bertz CT molecular complexity index is 1210. The number of likely N-dealkylation sites (tertiary alicyclic amines) is 1. The molecule has 3 aromatic carbocycles. The summed E-state index contributed by atoms with van der Waals surface area (Å²) in [5.41, 5.74) is 2.10. The predicted octanol–water partition coefficient (Wildman–Crippen LogP) is 6.63. The van der Waals surface area contributed by atoms with E-state index in [9.17, 15) is 4.79 Å². The fourth-order valence-electron chi connectivity index (χ4n) is 4.66. The van der Waals surface area contributed by atoms with Crippen LogP contribution in [-0.2, 0) is 4.79 Å². The van der Waals surface area contributed by atoms with Crippen molar-refractivity contribution in [2.75, 3.05) is 13.1 Å². The Balaban J connectivity index is 1.24. The lowest BCUT2D eigenvalue weighted by molar-refractivity contribution is -0.148. The molecule has 174 valence electrons. The zero-order valence-electron chi connectivity index (χ0n) is 19.5. The summed E-state index contributed by atoms with van der Waals surface area (Å²) < 4.78 is 12.5. The molecule has 1 amide bonds. The maximum absolute atomic E-state index is 13.2. The van der Waals surface area contributed by atoms with Crippen LogP contribution < -0.4 is 9.47 Å². The molecule has 3 aromatic rings. The van der Waals surface area contributed by atoms with Crippen molar-refractivity contribution in [3.05, 3.63) is 89.5 Å². The van der Waals surface area contributed by atoms with Gasteiger partial charge in [-0.05, 0) is 67.4 Å². The van der Waals surface area contributed by atoms with E-state index in [4.69, 9.17) is 21.1 Å². The Morgan fingerprint density at radius 3 is 2.38 bits per heavy atom. The SMILES string of the molecule is CC(C)(Oc1ccc(Cl)cc1)C(=O)N1CCC2(C=Cc3cc(-c4ccccc4)ccc3O2)CC1. The van der Waals surface area contributed by atoms with Crippen molar-refractivity contribution in [2.24, 2.45) is 0 Å². The van der Waals surface area contributed by atoms with Crippen LogP contribution in [0.5, 0.6) is 11.5 Å². The van der Waals surface area contributed by atoms with Gasteiger partial charge in [-0.15, -0.1) is 0 Å². The third kappa shape index (κ3) is 4.55. The molecule has 1 saturated heterocycles. The van der Waals surface area contributed by atoms with Gasteiger partial charge in [0.2, 0.25) is 0 Å². The van der Waals surface area contributed by atoms with Gasteiger partial charge in [-0.25, -0.2) is 0 Å². The smallest absolute Gasteiger partial charge is 0.266 e. The Hall–Kier alpha value is -3.24. The summed E-state index contributed by atoms with van der Waals surface area (Å²) in [7, 11) is 0. The largest absolute Gasteiger partial charge is 0.482 e. The Morgan fingerprint density at radius 2 is 1.68 bits per heavy atom. The highest BCUT2D eigenvalue weighted by molar-refractivity contribution is 6.30. The lowest BCUT2D eigenvalue weighted by Gasteiger charge is -2.43. The molecular weight excluding hydrogens is 446 g/mol. The number of fused-ring (bicyclic) bond motifs is 1. The van der Waals surface area contributed by atoms with Gasteiger partial charge in [0.25, 0.3) is 5.91 Å². The van der Waals surface area contributed by atoms with Crippen LogP contribution in [0, 0.1) is 0 Å². The summed E-state index contributed by atoms with van der Waals surface area (Å²) in [6.07, 6.45) is 5.82. The molecule has 1 spiro atoms. The van der Waals surface area contributed by atoms with Gasteiger partial charge < -0.3 is 14.4 Å². The molecule has 4 nitrogen and oxygen atoms in total. The molecule has 5 heteroatoms. The second-order valence-electron chi connectivity index (χ2n) is 9.48. The zero-order valence-corrected chi connectivity index (χ0v) is 20.2. The van der Waals surface area contributed by atoms with Crippen LogP contribution in [0.1, 0.15) is 32.3 Å². The highest BCUT2D eigenvalue weighted by atomic mass is 35.5. The molecule has 0 radical (unpaired) electrons. The monoisotopic (exact) mass is 473 g/mol. The highest BCUT2D eigenvalue weighted by Crippen LogP contribution is 2.39. The van der Waals surface area contributed by atoms with E-state index in [2.05, 4.69) is 42.5 Å². The van der Waals surface area contributed by atoms with E-state index in [1.165, 1.54) is 11.1 Å². The van der Waals surface area contributed by atoms with Crippen LogP contribution >= 0.6 is 11.6 Å². The summed E-state index contributed by atoms with van der Waals surface area (Å²) in [6.45, 7) is 4.86. The second-order valence-corrected chi connectivity index (χ2v) is 9.91. The average Bonchev–Trinajstić information content (AvgIpc) is 2.86. The number of piperidine rings is 1. The number of nitrogens with zero attached hydrogens (tertiary/aromatic N) is 1. The minimum absolute atomic E-state index is 0.0232. The van der Waals surface area contributed by atoms with Crippen LogP contribution in [0.2, 0.25) is 5.02 Å². The minimum atomic E-state index is -0.970. The van der Waals surface area contributed by atoms with Crippen LogP contribution in [0.3, 0.4) is 0 Å². The van der Waals surface area contributed by atoms with E-state index >= 15 is 0 Å². The minimum Gasteiger partial charge on any atom is -0.482 e. The topological polar surface area (TPSA) is 38.8 Å². The molecule has 2 aliphatic rings. The predicted molar refractivity (Wildman–Crippen MR) is 136 cm³/mol. The molecule has 0 N–H and O–H groups in total. The van der Waals surface area contributed by atoms with Crippen molar-refractivity contribution in [3.8, 4) is 22.6 Å². The summed E-state index contributed by atoms with van der Waals surface area (Å²) in [5, 5.41) is 0.635. The van der Waals surface area contributed by atoms with Crippen molar-refractivity contribution in [3.63, 3.8) is 0 Å². The maximum Gasteiger partial charge on any atom is 0.266 e. The first-order valence-corrected chi connectivity index (χ1v) is 12.0. The van der Waals surface area contributed by atoms with Gasteiger partial charge in [0.15, 0.2) is 5.60 Å². The number of halogens is 1. The molecule has 0 aliphatic carbocycles. The molecule has 2 heterocycles. The van der Waals surface area contributed by atoms with Crippen molar-refractivity contribution >= 4 is 23.6 Å². The van der Waals surface area contributed by atoms with E-state index in [0.717, 1.165) is 24.2 Å². The van der Waals surface area contributed by atoms with Crippen molar-refractivity contribution in [1.82, 2.24) is 4.90 Å². The van der Waals surface area contributed by atoms with E-state index in [0.29, 0.717) is 23.9 Å². The van der Waals surface area contributed by atoms with Gasteiger partial charge in [-0.2, -0.15) is 0 Å². The lowest BCUT2D eigenvalue weighted by atomic mass is 9.87. The third-order valence-electron chi connectivity index (χ3n) is 6.60. The first-order valence-electron chi connectivity index (χ1n) is 11.7. The van der Waals surface area contributed by atoms with Crippen molar-refractivity contribution < 1.29 is 14.3 Å². The quantitative estimate of drug-likeness (QED) is 0.426. The number of carbonyl (C=O) groups excluding carboxylic acids is 1. The Labute approximate surface area is 205 Å². The van der Waals surface area contributed by atoms with E-state index < -0.39 is 5.60 Å². The molecular formula is C29H28ClNO3. The molecule has 0 aromatic heterocycles. The fraction of sp³-hybridized carbons (Fsp3) is 0.276. The lowest BCUT2D eigenvalue weighted by Crippen LogP contribution is -2.55. The molecule has 2 aliphatic heterocycles. The van der Waals surface area contributed by atoms with Crippen molar-refractivity contribution in [2.45, 2.75) is 37.9 Å². The number of carbonyl (C=O) groups is 1. The van der Waals surface area contributed by atoms with Crippen LogP contribution in [0.15, 0.2) is 78.9 Å². The number of hydrogen-bond acceptors (Lipinski definition) is 3. The second kappa shape index (κ2) is 8.84. The maximum atomic E-state index is 13.2. The van der Waals surface area contributed by atoms with Gasteiger partial charge in [0, 0.05) is 36.5 Å². The van der Waals surface area contributed by atoms with E-state index in [-0.39, 0.29) is 11.5 Å². The van der Waals surface area contributed by atoms with Crippen LogP contribution in [0.25, 0.3) is 17.2 Å². The fourth-order valence-corrected chi connectivity index (χ4v) is 4.78. The van der Waals surface area contributed by atoms with Gasteiger partial charge in [0.05, 0.1) is 0 Å². The summed E-state index contributed by atoms with van der Waals surface area (Å²) in [4.78, 5) is 15.1.